The van der Waals surface area contributed by atoms with Crippen molar-refractivity contribution in [2.75, 3.05) is 36.4 Å². The number of carbonyl (C=O) groups is 1. The summed E-state index contributed by atoms with van der Waals surface area (Å²) >= 11 is 0. The maximum absolute atomic E-state index is 12.7. The number of hydrogen-bond donors (Lipinski definition) is 3. The third kappa shape index (κ3) is 4.76. The first-order valence-corrected chi connectivity index (χ1v) is 14.0. The molecule has 2 aliphatic heterocycles. The van der Waals surface area contributed by atoms with Gasteiger partial charge >= 0.3 is 0 Å². The summed E-state index contributed by atoms with van der Waals surface area (Å²) in [4.78, 5) is 26.2. The Kier molecular flexibility index (Phi) is 6.25. The summed E-state index contributed by atoms with van der Waals surface area (Å²) < 4.78 is 0. The van der Waals surface area contributed by atoms with Crippen LogP contribution in [-0.2, 0) is 0 Å². The van der Waals surface area contributed by atoms with E-state index in [1.165, 1.54) is 50.9 Å². The number of nitrogens with one attached hydrogen (secondary N) is 3. The smallest absolute Gasteiger partial charge is 0.255 e. The van der Waals surface area contributed by atoms with Crippen molar-refractivity contribution in [3.05, 3.63) is 72.3 Å². The quantitative estimate of drug-likeness (QED) is 0.272. The predicted octanol–water partition coefficient (Wildman–Crippen LogP) is 5.81. The molecule has 39 heavy (non-hydrogen) atoms. The fourth-order valence-electron chi connectivity index (χ4n) is 6.14. The highest BCUT2D eigenvalue weighted by molar-refractivity contribution is 6.05. The molecule has 2 fully saturated rings. The van der Waals surface area contributed by atoms with E-state index in [0.717, 1.165) is 46.8 Å². The van der Waals surface area contributed by atoms with E-state index >= 15 is 0 Å². The van der Waals surface area contributed by atoms with Crippen molar-refractivity contribution in [2.24, 2.45) is 0 Å². The Balaban J connectivity index is 1.10. The predicted molar refractivity (Wildman–Crippen MR) is 156 cm³/mol. The minimum Gasteiger partial charge on any atom is -0.371 e. The van der Waals surface area contributed by atoms with E-state index in [4.69, 9.17) is 4.98 Å². The topological polar surface area (TPSA) is 92.9 Å². The van der Waals surface area contributed by atoms with E-state index in [0.29, 0.717) is 17.1 Å². The van der Waals surface area contributed by atoms with Crippen molar-refractivity contribution in [2.45, 2.75) is 38.1 Å². The minimum atomic E-state index is -0.142. The Bertz CT molecular complexity index is 1610. The van der Waals surface area contributed by atoms with Crippen LogP contribution in [-0.4, -0.2) is 63.2 Å². The van der Waals surface area contributed by atoms with Crippen LogP contribution in [0.1, 0.15) is 42.5 Å². The second-order valence-electron chi connectivity index (χ2n) is 10.8. The van der Waals surface area contributed by atoms with Crippen molar-refractivity contribution >= 4 is 39.2 Å². The van der Waals surface area contributed by atoms with Gasteiger partial charge in [-0.1, -0.05) is 24.6 Å². The number of benzene rings is 3. The van der Waals surface area contributed by atoms with Gasteiger partial charge in [-0.15, -0.1) is 0 Å². The van der Waals surface area contributed by atoms with Crippen LogP contribution in [0.3, 0.4) is 0 Å². The molecule has 0 radical (unpaired) electrons. The SMILES string of the molecule is O=C(Nc1ccc2[nH]nc(-c3nc4ccc(N5CCC(N6CCCCC6)CC5)cc4[nH]3)c2c1)c1ccccc1. The maximum Gasteiger partial charge on any atom is 0.255 e. The zero-order valence-corrected chi connectivity index (χ0v) is 22.0. The van der Waals surface area contributed by atoms with Crippen LogP contribution in [0.25, 0.3) is 33.5 Å². The number of imidazole rings is 1. The number of H-pyrrole nitrogens is 2. The van der Waals surface area contributed by atoms with Gasteiger partial charge in [-0.3, -0.25) is 9.89 Å². The van der Waals surface area contributed by atoms with Gasteiger partial charge in [-0.25, -0.2) is 4.98 Å². The van der Waals surface area contributed by atoms with E-state index in [9.17, 15) is 4.79 Å². The van der Waals surface area contributed by atoms with Gasteiger partial charge < -0.3 is 20.1 Å². The average molecular weight is 520 g/mol. The number of piperidine rings is 2. The first-order chi connectivity index (χ1) is 19.2. The number of hydrogen-bond acceptors (Lipinski definition) is 5. The first-order valence-electron chi connectivity index (χ1n) is 14.0. The molecule has 198 valence electrons. The molecule has 0 bridgehead atoms. The third-order valence-electron chi connectivity index (χ3n) is 8.28. The number of nitrogens with zero attached hydrogens (tertiary/aromatic N) is 4. The molecule has 0 atom stereocenters. The van der Waals surface area contributed by atoms with E-state index in [1.807, 2.05) is 36.4 Å². The number of rotatable bonds is 5. The van der Waals surface area contributed by atoms with Gasteiger partial charge in [0, 0.05) is 41.5 Å². The van der Waals surface area contributed by atoms with Crippen LogP contribution in [0.4, 0.5) is 11.4 Å². The van der Waals surface area contributed by atoms with E-state index in [2.05, 4.69) is 48.5 Å². The normalized spacial score (nSPS) is 17.2. The fraction of sp³-hybridized carbons (Fsp3) is 0.323. The molecule has 8 heteroatoms. The summed E-state index contributed by atoms with van der Waals surface area (Å²) in [5, 5.41) is 11.6. The summed E-state index contributed by atoms with van der Waals surface area (Å²) in [6.45, 7) is 4.73. The molecule has 5 aromatic rings. The molecule has 8 nitrogen and oxygen atoms in total. The maximum atomic E-state index is 12.7. The Morgan fingerprint density at radius 3 is 2.51 bits per heavy atom. The molecule has 0 saturated carbocycles. The Morgan fingerprint density at radius 2 is 1.69 bits per heavy atom. The minimum absolute atomic E-state index is 0.142. The van der Waals surface area contributed by atoms with Crippen LogP contribution in [0.15, 0.2) is 66.7 Å². The van der Waals surface area contributed by atoms with Crippen LogP contribution in [0.2, 0.25) is 0 Å². The highest BCUT2D eigenvalue weighted by Gasteiger charge is 2.26. The summed E-state index contributed by atoms with van der Waals surface area (Å²) in [7, 11) is 0. The van der Waals surface area contributed by atoms with E-state index in [1.54, 1.807) is 12.1 Å². The monoisotopic (exact) mass is 519 g/mol. The molecule has 0 spiro atoms. The summed E-state index contributed by atoms with van der Waals surface area (Å²) in [6.07, 6.45) is 6.56. The zero-order valence-electron chi connectivity index (χ0n) is 22.0. The van der Waals surface area contributed by atoms with Crippen molar-refractivity contribution < 1.29 is 4.79 Å². The van der Waals surface area contributed by atoms with Gasteiger partial charge in [0.2, 0.25) is 0 Å². The van der Waals surface area contributed by atoms with Gasteiger partial charge in [0.15, 0.2) is 5.82 Å². The van der Waals surface area contributed by atoms with Crippen LogP contribution in [0.5, 0.6) is 0 Å². The first kappa shape index (κ1) is 23.9. The van der Waals surface area contributed by atoms with Gasteiger partial charge in [0.1, 0.15) is 5.69 Å². The number of anilines is 2. The molecule has 0 aliphatic carbocycles. The van der Waals surface area contributed by atoms with Crippen LogP contribution < -0.4 is 10.2 Å². The van der Waals surface area contributed by atoms with Crippen LogP contribution in [0, 0.1) is 0 Å². The molecular weight excluding hydrogens is 486 g/mol. The third-order valence-corrected chi connectivity index (χ3v) is 8.28. The molecule has 2 aliphatic rings. The Morgan fingerprint density at radius 1 is 0.872 bits per heavy atom. The fourth-order valence-corrected chi connectivity index (χ4v) is 6.14. The number of carbonyl (C=O) groups excluding carboxylic acids is 1. The number of likely N-dealkylation sites (tertiary alicyclic amines) is 1. The lowest BCUT2D eigenvalue weighted by molar-refractivity contribution is 0.102. The van der Waals surface area contributed by atoms with Crippen LogP contribution >= 0.6 is 0 Å². The Hall–Kier alpha value is -4.17. The largest absolute Gasteiger partial charge is 0.371 e. The zero-order chi connectivity index (χ0) is 26.2. The van der Waals surface area contributed by atoms with Gasteiger partial charge in [0.05, 0.1) is 16.6 Å². The average Bonchev–Trinajstić information content (AvgIpc) is 3.61. The molecule has 0 unspecified atom stereocenters. The highest BCUT2D eigenvalue weighted by Crippen LogP contribution is 2.31. The molecule has 3 aromatic carbocycles. The molecule has 3 N–H and O–H groups in total. The lowest BCUT2D eigenvalue weighted by atomic mass is 9.99. The second kappa shape index (κ2) is 10.2. The lowest BCUT2D eigenvalue weighted by Crippen LogP contribution is -2.46. The Labute approximate surface area is 227 Å². The van der Waals surface area contributed by atoms with Crippen molar-refractivity contribution in [1.29, 1.82) is 0 Å². The number of aromatic amines is 2. The van der Waals surface area contributed by atoms with Crippen molar-refractivity contribution in [3.63, 3.8) is 0 Å². The van der Waals surface area contributed by atoms with E-state index in [-0.39, 0.29) is 5.91 Å². The van der Waals surface area contributed by atoms with E-state index < -0.39 is 0 Å². The molecule has 2 aromatic heterocycles. The van der Waals surface area contributed by atoms with Crippen molar-refractivity contribution in [1.82, 2.24) is 25.1 Å². The number of amides is 1. The van der Waals surface area contributed by atoms with Crippen molar-refractivity contribution in [3.8, 4) is 11.5 Å². The standard InChI is InChI=1S/C31H33N7O/c39-31(21-7-3-1-4-8-21)32-22-9-11-26-25(19-22)29(36-35-26)30-33-27-12-10-24(20-28(27)34-30)38-17-13-23(14-18-38)37-15-5-2-6-16-37/h1,3-4,7-12,19-20,23H,2,5-6,13-18H2,(H,32,39)(H,33,34)(H,35,36). The van der Waals surface area contributed by atoms with Gasteiger partial charge in [0.25, 0.3) is 5.91 Å². The molecule has 2 saturated heterocycles. The molecule has 4 heterocycles. The molecule has 1 amide bonds. The van der Waals surface area contributed by atoms with Gasteiger partial charge in [-0.2, -0.15) is 5.10 Å². The summed E-state index contributed by atoms with van der Waals surface area (Å²) in [5.74, 6) is 0.569. The second-order valence-corrected chi connectivity index (χ2v) is 10.8. The lowest BCUT2D eigenvalue weighted by Gasteiger charge is -2.41. The highest BCUT2D eigenvalue weighted by atomic mass is 16.1. The molecule has 7 rings (SSSR count). The number of fused-ring (bicyclic) bond motifs is 2. The summed E-state index contributed by atoms with van der Waals surface area (Å²) in [6, 6.07) is 22.2. The van der Waals surface area contributed by atoms with Gasteiger partial charge in [-0.05, 0) is 87.3 Å². The molecular formula is C31H33N7O. The summed E-state index contributed by atoms with van der Waals surface area (Å²) in [5.41, 5.74) is 6.13. The number of aromatic nitrogens is 4.